The van der Waals surface area contributed by atoms with E-state index in [4.69, 9.17) is 16.7 Å². The van der Waals surface area contributed by atoms with Crippen LogP contribution < -0.4 is 5.32 Å². The first kappa shape index (κ1) is 15.4. The zero-order valence-electron chi connectivity index (χ0n) is 11.8. The number of nitrogens with one attached hydrogen (secondary N) is 1. The third kappa shape index (κ3) is 3.15. The van der Waals surface area contributed by atoms with Crippen molar-refractivity contribution in [3.05, 3.63) is 52.3 Å². The fourth-order valence-corrected chi connectivity index (χ4v) is 3.16. The lowest BCUT2D eigenvalue weighted by molar-refractivity contribution is 0.0697. The molecule has 116 valence electrons. The molecular weight excluding hydrogens is 338 g/mol. The van der Waals surface area contributed by atoms with Gasteiger partial charge in [-0.05, 0) is 36.8 Å². The molecule has 2 N–H and O–H groups in total. The lowest BCUT2D eigenvalue weighted by atomic mass is 10.2. The highest BCUT2D eigenvalue weighted by Gasteiger charge is 2.14. The van der Waals surface area contributed by atoms with Gasteiger partial charge in [-0.3, -0.25) is 10.1 Å². The van der Waals surface area contributed by atoms with Crippen LogP contribution in [0.1, 0.15) is 26.4 Å². The number of halogens is 1. The maximum absolute atomic E-state index is 12.3. The molecule has 0 atom stereocenters. The van der Waals surface area contributed by atoms with Crippen molar-refractivity contribution in [1.82, 2.24) is 9.97 Å². The average molecular weight is 348 g/mol. The van der Waals surface area contributed by atoms with Crippen LogP contribution in [0.2, 0.25) is 5.02 Å². The molecule has 6 nitrogen and oxygen atoms in total. The maximum atomic E-state index is 12.3. The fourth-order valence-electron chi connectivity index (χ4n) is 2.05. The number of aromatic nitrogens is 2. The zero-order valence-corrected chi connectivity index (χ0v) is 13.4. The Morgan fingerprint density at radius 1 is 1.30 bits per heavy atom. The van der Waals surface area contributed by atoms with E-state index in [0.29, 0.717) is 25.9 Å². The summed E-state index contributed by atoms with van der Waals surface area (Å²) in [5.41, 5.74) is 1.72. The minimum Gasteiger partial charge on any atom is -0.478 e. The third-order valence-corrected chi connectivity index (χ3v) is 4.26. The van der Waals surface area contributed by atoms with Crippen molar-refractivity contribution in [2.75, 3.05) is 5.32 Å². The van der Waals surface area contributed by atoms with Crippen LogP contribution in [0.15, 0.2) is 30.5 Å². The summed E-state index contributed by atoms with van der Waals surface area (Å²) >= 11 is 7.02. The van der Waals surface area contributed by atoms with Gasteiger partial charge in [0.2, 0.25) is 0 Å². The molecule has 23 heavy (non-hydrogen) atoms. The standard InChI is InChI=1S/C15H10ClN3O3S/c1-7-4-9(16)6-17-12(7)13(20)19-15-18-10-3-2-8(14(21)22)5-11(10)23-15/h2-6H,1H3,(H,21,22)(H,18,19,20). The van der Waals surface area contributed by atoms with Gasteiger partial charge in [0, 0.05) is 6.20 Å². The van der Waals surface area contributed by atoms with Crippen molar-refractivity contribution in [1.29, 1.82) is 0 Å². The Kier molecular flexibility index (Phi) is 3.97. The summed E-state index contributed by atoms with van der Waals surface area (Å²) in [6, 6.07) is 6.26. The number of carboxylic acid groups (broad SMARTS) is 1. The number of rotatable bonds is 3. The Labute approximate surface area is 139 Å². The van der Waals surface area contributed by atoms with Crippen LogP contribution in [0.3, 0.4) is 0 Å². The zero-order chi connectivity index (χ0) is 16.6. The van der Waals surface area contributed by atoms with Crippen LogP contribution in [0.5, 0.6) is 0 Å². The van der Waals surface area contributed by atoms with Gasteiger partial charge in [-0.15, -0.1) is 0 Å². The van der Waals surface area contributed by atoms with Gasteiger partial charge in [-0.25, -0.2) is 14.8 Å². The van der Waals surface area contributed by atoms with Crippen molar-refractivity contribution >= 4 is 50.2 Å². The fraction of sp³-hybridized carbons (Fsp3) is 0.0667. The molecular formula is C15H10ClN3O3S. The Hall–Kier alpha value is -2.51. The molecule has 0 bridgehead atoms. The van der Waals surface area contributed by atoms with E-state index in [0.717, 1.165) is 0 Å². The van der Waals surface area contributed by atoms with E-state index in [1.807, 2.05) is 0 Å². The van der Waals surface area contributed by atoms with E-state index in [1.165, 1.54) is 29.7 Å². The van der Waals surface area contributed by atoms with Crippen LogP contribution in [-0.4, -0.2) is 27.0 Å². The molecule has 0 fully saturated rings. The van der Waals surface area contributed by atoms with Gasteiger partial charge in [0.05, 0.1) is 20.8 Å². The molecule has 1 aromatic carbocycles. The minimum absolute atomic E-state index is 0.175. The topological polar surface area (TPSA) is 92.2 Å². The van der Waals surface area contributed by atoms with Gasteiger partial charge in [0.1, 0.15) is 5.69 Å². The van der Waals surface area contributed by atoms with Gasteiger partial charge in [-0.2, -0.15) is 0 Å². The number of carbonyl (C=O) groups excluding carboxylic acids is 1. The summed E-state index contributed by atoms with van der Waals surface area (Å²) in [5, 5.41) is 12.5. The number of benzene rings is 1. The number of carboxylic acids is 1. The molecule has 8 heteroatoms. The molecule has 1 amide bonds. The SMILES string of the molecule is Cc1cc(Cl)cnc1C(=O)Nc1nc2ccc(C(=O)O)cc2s1. The number of carbonyl (C=O) groups is 2. The van der Waals surface area contributed by atoms with E-state index < -0.39 is 11.9 Å². The van der Waals surface area contributed by atoms with E-state index in [2.05, 4.69) is 15.3 Å². The normalized spacial score (nSPS) is 10.7. The summed E-state index contributed by atoms with van der Waals surface area (Å²) < 4.78 is 0.681. The number of hydrogen-bond acceptors (Lipinski definition) is 5. The molecule has 0 aliphatic heterocycles. The van der Waals surface area contributed by atoms with Crippen molar-refractivity contribution in [2.45, 2.75) is 6.92 Å². The second kappa shape index (κ2) is 5.94. The van der Waals surface area contributed by atoms with Crippen LogP contribution >= 0.6 is 22.9 Å². The number of hydrogen-bond donors (Lipinski definition) is 2. The predicted octanol–water partition coefficient (Wildman–Crippen LogP) is 3.60. The Bertz CT molecular complexity index is 939. The molecule has 0 unspecified atom stereocenters. The van der Waals surface area contributed by atoms with Crippen LogP contribution in [0.4, 0.5) is 5.13 Å². The summed E-state index contributed by atoms with van der Waals surface area (Å²) in [5.74, 6) is -1.40. The molecule has 3 aromatic rings. The van der Waals surface area contributed by atoms with Gasteiger partial charge in [0.15, 0.2) is 5.13 Å². The van der Waals surface area contributed by atoms with Crippen molar-refractivity contribution < 1.29 is 14.7 Å². The number of anilines is 1. The molecule has 0 spiro atoms. The lowest BCUT2D eigenvalue weighted by Gasteiger charge is -2.04. The van der Waals surface area contributed by atoms with Crippen molar-refractivity contribution in [2.24, 2.45) is 0 Å². The summed E-state index contributed by atoms with van der Waals surface area (Å²) in [7, 11) is 0. The Morgan fingerprint density at radius 2 is 2.09 bits per heavy atom. The number of fused-ring (bicyclic) bond motifs is 1. The summed E-state index contributed by atoms with van der Waals surface area (Å²) in [6.45, 7) is 1.74. The summed E-state index contributed by atoms with van der Waals surface area (Å²) in [4.78, 5) is 31.5. The number of thiazole rings is 1. The monoisotopic (exact) mass is 347 g/mol. The number of aromatic carboxylic acids is 1. The molecule has 0 saturated heterocycles. The van der Waals surface area contributed by atoms with Crippen LogP contribution in [0, 0.1) is 6.92 Å². The number of aryl methyl sites for hydroxylation is 1. The highest BCUT2D eigenvalue weighted by molar-refractivity contribution is 7.22. The number of pyridine rings is 1. The van der Waals surface area contributed by atoms with Crippen LogP contribution in [-0.2, 0) is 0 Å². The molecule has 0 saturated carbocycles. The second-order valence-corrected chi connectivity index (χ2v) is 6.25. The maximum Gasteiger partial charge on any atom is 0.335 e. The smallest absolute Gasteiger partial charge is 0.335 e. The first-order chi connectivity index (χ1) is 10.9. The summed E-state index contributed by atoms with van der Waals surface area (Å²) in [6.07, 6.45) is 1.40. The van der Waals surface area contributed by atoms with Gasteiger partial charge in [0.25, 0.3) is 5.91 Å². The van der Waals surface area contributed by atoms with Gasteiger partial charge < -0.3 is 5.11 Å². The largest absolute Gasteiger partial charge is 0.478 e. The van der Waals surface area contributed by atoms with Gasteiger partial charge >= 0.3 is 5.97 Å². The first-order valence-electron chi connectivity index (χ1n) is 6.51. The van der Waals surface area contributed by atoms with Gasteiger partial charge in [-0.1, -0.05) is 22.9 Å². The number of nitrogens with zero attached hydrogens (tertiary/aromatic N) is 2. The quantitative estimate of drug-likeness (QED) is 0.755. The average Bonchev–Trinajstić information content (AvgIpc) is 2.87. The first-order valence-corrected chi connectivity index (χ1v) is 7.71. The predicted molar refractivity (Wildman–Crippen MR) is 88.5 cm³/mol. The van der Waals surface area contributed by atoms with E-state index >= 15 is 0 Å². The highest BCUT2D eigenvalue weighted by Crippen LogP contribution is 2.27. The Morgan fingerprint density at radius 3 is 2.78 bits per heavy atom. The molecule has 2 aromatic heterocycles. The highest BCUT2D eigenvalue weighted by atomic mass is 35.5. The molecule has 3 rings (SSSR count). The lowest BCUT2D eigenvalue weighted by Crippen LogP contribution is -2.14. The van der Waals surface area contributed by atoms with Crippen molar-refractivity contribution in [3.8, 4) is 0 Å². The third-order valence-electron chi connectivity index (χ3n) is 3.12. The second-order valence-electron chi connectivity index (χ2n) is 4.78. The van der Waals surface area contributed by atoms with Crippen molar-refractivity contribution in [3.63, 3.8) is 0 Å². The van der Waals surface area contributed by atoms with Crippen LogP contribution in [0.25, 0.3) is 10.2 Å². The van der Waals surface area contributed by atoms with E-state index in [1.54, 1.807) is 19.1 Å². The van der Waals surface area contributed by atoms with E-state index in [9.17, 15) is 9.59 Å². The minimum atomic E-state index is -1.01. The molecule has 0 radical (unpaired) electrons. The molecule has 0 aliphatic rings. The number of amides is 1. The molecule has 2 heterocycles. The Balaban J connectivity index is 1.89. The molecule has 0 aliphatic carbocycles. The van der Waals surface area contributed by atoms with E-state index in [-0.39, 0.29) is 11.3 Å².